The summed E-state index contributed by atoms with van der Waals surface area (Å²) in [5.41, 5.74) is -0.00338. The molecule has 0 saturated heterocycles. The summed E-state index contributed by atoms with van der Waals surface area (Å²) < 4.78 is 10.7. The van der Waals surface area contributed by atoms with E-state index < -0.39 is 5.60 Å². The van der Waals surface area contributed by atoms with E-state index in [1.165, 1.54) is 6.08 Å². The normalized spacial score (nSPS) is 27.8. The van der Waals surface area contributed by atoms with Crippen molar-refractivity contribution in [3.05, 3.63) is 54.6 Å². The summed E-state index contributed by atoms with van der Waals surface area (Å²) in [6.07, 6.45) is 4.92. The summed E-state index contributed by atoms with van der Waals surface area (Å²) >= 11 is 0. The third-order valence-corrected chi connectivity index (χ3v) is 2.85. The van der Waals surface area contributed by atoms with Gasteiger partial charge in [-0.2, -0.15) is 0 Å². The Morgan fingerprint density at radius 1 is 1.47 bits per heavy atom. The van der Waals surface area contributed by atoms with Gasteiger partial charge < -0.3 is 14.6 Å². The molecule has 0 aromatic heterocycles. The third-order valence-electron chi connectivity index (χ3n) is 2.85. The second-order valence-electron chi connectivity index (χ2n) is 4.06. The first-order valence-corrected chi connectivity index (χ1v) is 5.48. The maximum absolute atomic E-state index is 9.88. The monoisotopic (exact) mass is 232 g/mol. The molecule has 1 N–H and O–H groups in total. The van der Waals surface area contributed by atoms with Crippen LogP contribution in [0.3, 0.4) is 0 Å². The average Bonchev–Trinajstić information content (AvgIpc) is 2.40. The molecule has 0 fully saturated rings. The van der Waals surface area contributed by atoms with Gasteiger partial charge in [0.25, 0.3) is 0 Å². The van der Waals surface area contributed by atoms with Crippen molar-refractivity contribution >= 4 is 0 Å². The molecule has 90 valence electrons. The van der Waals surface area contributed by atoms with Crippen LogP contribution in [0.4, 0.5) is 0 Å². The molecule has 0 saturated carbocycles. The largest absolute Gasteiger partial charge is 0.497 e. The minimum atomic E-state index is -1.04. The highest BCUT2D eigenvalue weighted by Gasteiger charge is 2.26. The maximum atomic E-state index is 9.88. The highest BCUT2D eigenvalue weighted by molar-refractivity contribution is 5.31. The maximum Gasteiger partial charge on any atom is 0.124 e. The van der Waals surface area contributed by atoms with E-state index in [1.807, 2.05) is 30.3 Å². The number of ether oxygens (including phenoxy) is 2. The molecule has 1 aliphatic heterocycles. The van der Waals surface area contributed by atoms with Crippen molar-refractivity contribution in [2.24, 2.45) is 0 Å². The highest BCUT2D eigenvalue weighted by atomic mass is 16.5. The number of benzene rings is 1. The summed E-state index contributed by atoms with van der Waals surface area (Å²) in [6.45, 7) is 3.80. The van der Waals surface area contributed by atoms with Crippen LogP contribution in [0.2, 0.25) is 0 Å². The van der Waals surface area contributed by atoms with Crippen LogP contribution < -0.4 is 4.74 Å². The molecule has 2 rings (SSSR count). The number of rotatable bonds is 3. The molecule has 1 aromatic carbocycles. The zero-order valence-corrected chi connectivity index (χ0v) is 9.80. The standard InChI is InChI=1S/C14H16O3/c1-3-14(15)9-8-13(17-10-14)11-4-6-12(16-2)7-5-11/h3-9,13,15H,1,10H2,2H3/t13-,14+/m1/s1. The molecule has 1 heterocycles. The molecule has 0 radical (unpaired) electrons. The van der Waals surface area contributed by atoms with Gasteiger partial charge in [0.05, 0.1) is 13.7 Å². The molecule has 1 aliphatic rings. The highest BCUT2D eigenvalue weighted by Crippen LogP contribution is 2.28. The van der Waals surface area contributed by atoms with Gasteiger partial charge in [0, 0.05) is 0 Å². The fraction of sp³-hybridized carbons (Fsp3) is 0.286. The molecule has 0 spiro atoms. The smallest absolute Gasteiger partial charge is 0.124 e. The van der Waals surface area contributed by atoms with Crippen molar-refractivity contribution in [1.29, 1.82) is 0 Å². The number of aliphatic hydroxyl groups is 1. The summed E-state index contributed by atoms with van der Waals surface area (Å²) in [5, 5.41) is 9.88. The van der Waals surface area contributed by atoms with Crippen molar-refractivity contribution in [3.8, 4) is 5.75 Å². The van der Waals surface area contributed by atoms with E-state index in [0.29, 0.717) is 0 Å². The molecule has 3 heteroatoms. The molecule has 1 aromatic rings. The van der Waals surface area contributed by atoms with Gasteiger partial charge in [0.15, 0.2) is 0 Å². The number of methoxy groups -OCH3 is 1. The van der Waals surface area contributed by atoms with Gasteiger partial charge in [-0.1, -0.05) is 30.9 Å². The molecule has 17 heavy (non-hydrogen) atoms. The van der Waals surface area contributed by atoms with Crippen molar-refractivity contribution in [2.75, 3.05) is 13.7 Å². The molecular weight excluding hydrogens is 216 g/mol. The molecular formula is C14H16O3. The fourth-order valence-electron chi connectivity index (χ4n) is 1.71. The lowest BCUT2D eigenvalue weighted by molar-refractivity contribution is -0.0220. The van der Waals surface area contributed by atoms with E-state index in [0.717, 1.165) is 11.3 Å². The number of hydrogen-bond acceptors (Lipinski definition) is 3. The molecule has 0 bridgehead atoms. The second-order valence-corrected chi connectivity index (χ2v) is 4.06. The lowest BCUT2D eigenvalue weighted by atomic mass is 9.99. The predicted octanol–water partition coefficient (Wildman–Crippen LogP) is 2.24. The predicted molar refractivity (Wildman–Crippen MR) is 66.0 cm³/mol. The van der Waals surface area contributed by atoms with Crippen molar-refractivity contribution in [3.63, 3.8) is 0 Å². The first-order chi connectivity index (χ1) is 8.17. The van der Waals surface area contributed by atoms with Crippen LogP contribution in [0, 0.1) is 0 Å². The Labute approximate surface area is 101 Å². The van der Waals surface area contributed by atoms with Crippen molar-refractivity contribution in [1.82, 2.24) is 0 Å². The van der Waals surface area contributed by atoms with Crippen LogP contribution in [0.15, 0.2) is 49.1 Å². The third kappa shape index (κ3) is 2.57. The van der Waals surface area contributed by atoms with Gasteiger partial charge in [0.2, 0.25) is 0 Å². The van der Waals surface area contributed by atoms with E-state index >= 15 is 0 Å². The van der Waals surface area contributed by atoms with Crippen LogP contribution in [-0.4, -0.2) is 24.4 Å². The molecule has 3 nitrogen and oxygen atoms in total. The second kappa shape index (κ2) is 4.73. The van der Waals surface area contributed by atoms with Gasteiger partial charge in [0.1, 0.15) is 17.5 Å². The van der Waals surface area contributed by atoms with Crippen molar-refractivity contribution in [2.45, 2.75) is 11.7 Å². The Hall–Kier alpha value is -1.58. The first kappa shape index (κ1) is 11.9. The van der Waals surface area contributed by atoms with Gasteiger partial charge in [-0.05, 0) is 23.8 Å². The summed E-state index contributed by atoms with van der Waals surface area (Å²) in [4.78, 5) is 0. The Morgan fingerprint density at radius 3 is 2.65 bits per heavy atom. The van der Waals surface area contributed by atoms with Gasteiger partial charge in [-0.15, -0.1) is 0 Å². The lowest BCUT2D eigenvalue weighted by Gasteiger charge is -2.28. The van der Waals surface area contributed by atoms with E-state index in [2.05, 4.69) is 6.58 Å². The Kier molecular flexibility index (Phi) is 3.31. The molecule has 0 unspecified atom stereocenters. The quantitative estimate of drug-likeness (QED) is 0.812. The molecule has 0 amide bonds. The van der Waals surface area contributed by atoms with Crippen LogP contribution >= 0.6 is 0 Å². The summed E-state index contributed by atoms with van der Waals surface area (Å²) in [6, 6.07) is 7.68. The van der Waals surface area contributed by atoms with Gasteiger partial charge in [-0.25, -0.2) is 0 Å². The zero-order chi connectivity index (χ0) is 12.3. The van der Waals surface area contributed by atoms with E-state index in [9.17, 15) is 5.11 Å². The summed E-state index contributed by atoms with van der Waals surface area (Å²) in [5.74, 6) is 0.816. The SMILES string of the molecule is C=C[C@]1(O)C=C[C@H](c2ccc(OC)cc2)OC1. The fourth-order valence-corrected chi connectivity index (χ4v) is 1.71. The van der Waals surface area contributed by atoms with Crippen LogP contribution in [0.5, 0.6) is 5.75 Å². The van der Waals surface area contributed by atoms with Crippen LogP contribution in [0.1, 0.15) is 11.7 Å². The van der Waals surface area contributed by atoms with Gasteiger partial charge >= 0.3 is 0 Å². The van der Waals surface area contributed by atoms with Crippen LogP contribution in [0.25, 0.3) is 0 Å². The summed E-state index contributed by atoms with van der Waals surface area (Å²) in [7, 11) is 1.64. The van der Waals surface area contributed by atoms with E-state index in [1.54, 1.807) is 13.2 Å². The van der Waals surface area contributed by atoms with Crippen molar-refractivity contribution < 1.29 is 14.6 Å². The minimum Gasteiger partial charge on any atom is -0.497 e. The Bertz CT molecular complexity index is 422. The zero-order valence-electron chi connectivity index (χ0n) is 9.80. The lowest BCUT2D eigenvalue weighted by Crippen LogP contribution is -2.33. The van der Waals surface area contributed by atoms with Crippen LogP contribution in [-0.2, 0) is 4.74 Å². The molecule has 2 atom stereocenters. The first-order valence-electron chi connectivity index (χ1n) is 5.48. The minimum absolute atomic E-state index is 0.124. The van der Waals surface area contributed by atoms with E-state index in [-0.39, 0.29) is 12.7 Å². The number of hydrogen-bond donors (Lipinski definition) is 1. The Morgan fingerprint density at radius 2 is 2.18 bits per heavy atom. The molecule has 0 aliphatic carbocycles. The van der Waals surface area contributed by atoms with E-state index in [4.69, 9.17) is 9.47 Å². The topological polar surface area (TPSA) is 38.7 Å². The van der Waals surface area contributed by atoms with Gasteiger partial charge in [-0.3, -0.25) is 0 Å². The average molecular weight is 232 g/mol. The Balaban J connectivity index is 2.14.